The number of carbonyl (C=O) groups is 2. The Hall–Kier alpha value is -2.66. The van der Waals surface area contributed by atoms with E-state index in [9.17, 15) is 14.7 Å². The number of carbonyl (C=O) groups excluding carboxylic acids is 2. The summed E-state index contributed by atoms with van der Waals surface area (Å²) in [6, 6.07) is 0. The Morgan fingerprint density at radius 2 is 0.652 bits per heavy atom. The number of esters is 2. The molecule has 0 aliphatic heterocycles. The number of ether oxygens (including phenoxy) is 2. The first-order valence-corrected chi connectivity index (χ1v) is 28.5. The molecule has 1 N–H and O–H groups in total. The standard InChI is InChI=1S/C61H108O5/c1-3-5-7-9-11-13-15-17-19-21-23-25-26-27-28-29-30-31-32-33-34-36-37-39-41-43-45-47-49-51-53-55-60(63)65-58-59(57-62)66-61(64)56-54-52-50-48-46-44-42-40-38-35-24-22-20-18-16-14-12-10-8-6-4-2/h6,8,12,14-15,17-18,20-21,23-24,35,59,62H,3-5,7,9-11,13,16,19,22,25-34,36-58H2,1-2H3/b8-6-,14-12-,17-15-,20-18-,23-21-,35-24-. The first-order chi connectivity index (χ1) is 32.6. The van der Waals surface area contributed by atoms with Crippen LogP contribution in [0.1, 0.15) is 284 Å². The van der Waals surface area contributed by atoms with Crippen molar-refractivity contribution in [3.05, 3.63) is 72.9 Å². The van der Waals surface area contributed by atoms with Gasteiger partial charge < -0.3 is 14.6 Å². The molecular formula is C61H108O5. The minimum Gasteiger partial charge on any atom is -0.462 e. The highest BCUT2D eigenvalue weighted by Crippen LogP contribution is 2.16. The molecular weight excluding hydrogens is 813 g/mol. The van der Waals surface area contributed by atoms with Crippen molar-refractivity contribution in [3.8, 4) is 0 Å². The Bertz CT molecular complexity index is 1180. The second kappa shape index (κ2) is 56.7. The Kier molecular flexibility index (Phi) is 54.4. The van der Waals surface area contributed by atoms with E-state index in [1.807, 2.05) is 0 Å². The average Bonchev–Trinajstić information content (AvgIpc) is 3.32. The lowest BCUT2D eigenvalue weighted by molar-refractivity contribution is -0.161. The number of unbranched alkanes of at least 4 members (excludes halogenated alkanes) is 32. The lowest BCUT2D eigenvalue weighted by Gasteiger charge is -2.15. The number of hydrogen-bond acceptors (Lipinski definition) is 5. The summed E-state index contributed by atoms with van der Waals surface area (Å²) in [5, 5.41) is 9.65. The predicted octanol–water partition coefficient (Wildman–Crippen LogP) is 19.2. The van der Waals surface area contributed by atoms with Gasteiger partial charge in [-0.05, 0) is 83.5 Å². The van der Waals surface area contributed by atoms with Gasteiger partial charge in [-0.3, -0.25) is 9.59 Å². The van der Waals surface area contributed by atoms with Gasteiger partial charge in [0.1, 0.15) is 6.61 Å². The summed E-state index contributed by atoms with van der Waals surface area (Å²) in [4.78, 5) is 24.5. The van der Waals surface area contributed by atoms with Gasteiger partial charge in [0.05, 0.1) is 6.61 Å². The van der Waals surface area contributed by atoms with Crippen molar-refractivity contribution in [1.82, 2.24) is 0 Å². The average molecular weight is 922 g/mol. The molecule has 0 heterocycles. The maximum absolute atomic E-state index is 12.3. The van der Waals surface area contributed by atoms with Crippen molar-refractivity contribution in [3.63, 3.8) is 0 Å². The lowest BCUT2D eigenvalue weighted by atomic mass is 10.0. The van der Waals surface area contributed by atoms with Gasteiger partial charge in [-0.1, -0.05) is 260 Å². The highest BCUT2D eigenvalue weighted by atomic mass is 16.6. The van der Waals surface area contributed by atoms with E-state index in [4.69, 9.17) is 9.47 Å². The molecule has 0 aromatic carbocycles. The second-order valence-electron chi connectivity index (χ2n) is 19.0. The highest BCUT2D eigenvalue weighted by molar-refractivity contribution is 5.70. The number of rotatable bonds is 52. The van der Waals surface area contributed by atoms with Crippen LogP contribution in [0, 0.1) is 0 Å². The van der Waals surface area contributed by atoms with Crippen LogP contribution in [-0.4, -0.2) is 36.4 Å². The van der Waals surface area contributed by atoms with Crippen molar-refractivity contribution >= 4 is 11.9 Å². The Morgan fingerprint density at radius 3 is 0.985 bits per heavy atom. The topological polar surface area (TPSA) is 72.8 Å². The van der Waals surface area contributed by atoms with Crippen LogP contribution in [0.25, 0.3) is 0 Å². The molecule has 0 aromatic rings. The third-order valence-corrected chi connectivity index (χ3v) is 12.5. The first-order valence-electron chi connectivity index (χ1n) is 28.5. The molecule has 1 atom stereocenters. The van der Waals surface area contributed by atoms with Crippen LogP contribution in [0.15, 0.2) is 72.9 Å². The quantitative estimate of drug-likeness (QED) is 0.0374. The van der Waals surface area contributed by atoms with Gasteiger partial charge in [-0.15, -0.1) is 0 Å². The van der Waals surface area contributed by atoms with Gasteiger partial charge in [-0.25, -0.2) is 0 Å². The zero-order chi connectivity index (χ0) is 47.7. The summed E-state index contributed by atoms with van der Waals surface area (Å²) in [5.41, 5.74) is 0. The Labute approximate surface area is 410 Å². The van der Waals surface area contributed by atoms with E-state index < -0.39 is 6.10 Å². The molecule has 0 amide bonds. The fourth-order valence-corrected chi connectivity index (χ4v) is 8.23. The van der Waals surface area contributed by atoms with E-state index in [0.29, 0.717) is 12.8 Å². The molecule has 0 spiro atoms. The van der Waals surface area contributed by atoms with Gasteiger partial charge in [-0.2, -0.15) is 0 Å². The summed E-state index contributed by atoms with van der Waals surface area (Å²) in [6.45, 7) is 4.04. The smallest absolute Gasteiger partial charge is 0.306 e. The molecule has 0 aliphatic rings. The van der Waals surface area contributed by atoms with Crippen molar-refractivity contribution in [2.75, 3.05) is 13.2 Å². The van der Waals surface area contributed by atoms with Crippen LogP contribution < -0.4 is 0 Å². The molecule has 1 unspecified atom stereocenters. The van der Waals surface area contributed by atoms with Crippen LogP contribution in [0.2, 0.25) is 0 Å². The van der Waals surface area contributed by atoms with E-state index in [0.717, 1.165) is 77.0 Å². The fourth-order valence-electron chi connectivity index (χ4n) is 8.23. The molecule has 0 rings (SSSR count). The summed E-state index contributed by atoms with van der Waals surface area (Å²) < 4.78 is 10.7. The van der Waals surface area contributed by atoms with E-state index in [-0.39, 0.29) is 25.2 Å². The molecule has 0 fully saturated rings. The van der Waals surface area contributed by atoms with E-state index in [1.165, 1.54) is 180 Å². The molecule has 0 saturated carbocycles. The summed E-state index contributed by atoms with van der Waals surface area (Å²) in [7, 11) is 0. The predicted molar refractivity (Wildman–Crippen MR) is 288 cm³/mol. The number of hydrogen-bond donors (Lipinski definition) is 1. The first kappa shape index (κ1) is 63.3. The Morgan fingerprint density at radius 1 is 0.364 bits per heavy atom. The maximum atomic E-state index is 12.3. The largest absolute Gasteiger partial charge is 0.462 e. The van der Waals surface area contributed by atoms with Gasteiger partial charge in [0.2, 0.25) is 0 Å². The monoisotopic (exact) mass is 921 g/mol. The summed E-state index contributed by atoms with van der Waals surface area (Å²) in [5.74, 6) is -0.592. The van der Waals surface area contributed by atoms with Crippen LogP contribution in [-0.2, 0) is 19.1 Å². The fraction of sp³-hybridized carbons (Fsp3) is 0.770. The lowest BCUT2D eigenvalue weighted by Crippen LogP contribution is -2.28. The van der Waals surface area contributed by atoms with Gasteiger partial charge in [0, 0.05) is 12.8 Å². The van der Waals surface area contributed by atoms with Crippen molar-refractivity contribution < 1.29 is 24.2 Å². The van der Waals surface area contributed by atoms with Gasteiger partial charge in [0.15, 0.2) is 6.10 Å². The summed E-state index contributed by atoms with van der Waals surface area (Å²) >= 11 is 0. The second-order valence-corrected chi connectivity index (χ2v) is 19.0. The SMILES string of the molecule is CC/C=C\C/C=C\C/C=C\C/C=C\CCCCCCCCCCC(=O)OC(CO)COC(=O)CCCCCCCCCCCCCCCCCCCCC/C=C\C/C=C\CCCCCCC. The molecule has 0 aromatic heterocycles. The van der Waals surface area contributed by atoms with Crippen LogP contribution >= 0.6 is 0 Å². The summed E-state index contributed by atoms with van der Waals surface area (Å²) in [6.07, 6.45) is 77.4. The number of aliphatic hydroxyl groups is 1. The zero-order valence-electron chi connectivity index (χ0n) is 43.7. The van der Waals surface area contributed by atoms with Crippen molar-refractivity contribution in [2.45, 2.75) is 290 Å². The highest BCUT2D eigenvalue weighted by Gasteiger charge is 2.16. The number of aliphatic hydroxyl groups excluding tert-OH is 1. The minimum atomic E-state index is -0.779. The molecule has 5 heteroatoms. The van der Waals surface area contributed by atoms with Gasteiger partial charge >= 0.3 is 11.9 Å². The molecule has 66 heavy (non-hydrogen) atoms. The maximum Gasteiger partial charge on any atom is 0.306 e. The van der Waals surface area contributed by atoms with Crippen molar-refractivity contribution in [2.24, 2.45) is 0 Å². The van der Waals surface area contributed by atoms with Crippen LogP contribution in [0.3, 0.4) is 0 Å². The zero-order valence-corrected chi connectivity index (χ0v) is 43.7. The third kappa shape index (κ3) is 54.0. The molecule has 0 bridgehead atoms. The molecule has 0 saturated heterocycles. The van der Waals surface area contributed by atoms with E-state index in [2.05, 4.69) is 86.8 Å². The Balaban J connectivity index is 3.46. The van der Waals surface area contributed by atoms with Crippen LogP contribution in [0.4, 0.5) is 0 Å². The van der Waals surface area contributed by atoms with E-state index in [1.54, 1.807) is 0 Å². The minimum absolute atomic E-state index is 0.0693. The third-order valence-electron chi connectivity index (χ3n) is 12.5. The molecule has 5 nitrogen and oxygen atoms in total. The molecule has 0 radical (unpaired) electrons. The molecule has 0 aliphatic carbocycles. The normalized spacial score (nSPS) is 12.7. The van der Waals surface area contributed by atoms with Gasteiger partial charge in [0.25, 0.3) is 0 Å². The molecule has 382 valence electrons. The van der Waals surface area contributed by atoms with Crippen LogP contribution in [0.5, 0.6) is 0 Å². The van der Waals surface area contributed by atoms with E-state index >= 15 is 0 Å². The van der Waals surface area contributed by atoms with Crippen molar-refractivity contribution in [1.29, 1.82) is 0 Å². The number of allylic oxidation sites excluding steroid dienone is 12.